The molecule has 1 heterocycles. The van der Waals surface area contributed by atoms with Crippen molar-refractivity contribution < 1.29 is 19.0 Å². The zero-order valence-electron chi connectivity index (χ0n) is 16.6. The predicted molar refractivity (Wildman–Crippen MR) is 112 cm³/mol. The number of pyridine rings is 1. The Kier molecular flexibility index (Phi) is 7.05. The fraction of sp³-hybridized carbons (Fsp3) is 0.217. The molecule has 2 aromatic carbocycles. The van der Waals surface area contributed by atoms with Gasteiger partial charge in [-0.05, 0) is 42.3 Å². The normalized spacial score (nSPS) is 10.3. The second kappa shape index (κ2) is 10.1. The van der Waals surface area contributed by atoms with Gasteiger partial charge in [-0.2, -0.15) is 0 Å². The minimum atomic E-state index is -0.0730. The highest BCUT2D eigenvalue weighted by molar-refractivity contribution is 5.91. The maximum Gasteiger partial charge on any atom is 0.224 e. The van der Waals surface area contributed by atoms with Crippen molar-refractivity contribution in [3.05, 3.63) is 78.1 Å². The van der Waals surface area contributed by atoms with Gasteiger partial charge in [-0.15, -0.1) is 0 Å². The molecule has 150 valence electrons. The number of hydrogen-bond donors (Lipinski definition) is 1. The summed E-state index contributed by atoms with van der Waals surface area (Å²) in [6.45, 7) is 0.420. The third kappa shape index (κ3) is 6.24. The number of nitrogens with one attached hydrogen (secondary N) is 1. The second-order valence-corrected chi connectivity index (χ2v) is 6.45. The highest BCUT2D eigenvalue weighted by Gasteiger charge is 2.07. The third-order valence-electron chi connectivity index (χ3n) is 4.30. The van der Waals surface area contributed by atoms with Crippen molar-refractivity contribution in [2.24, 2.45) is 0 Å². The van der Waals surface area contributed by atoms with Gasteiger partial charge in [0.15, 0.2) is 0 Å². The molecule has 0 bridgehead atoms. The Morgan fingerprint density at radius 2 is 1.72 bits per heavy atom. The zero-order valence-corrected chi connectivity index (χ0v) is 16.6. The van der Waals surface area contributed by atoms with Crippen molar-refractivity contribution in [3.8, 4) is 17.2 Å². The fourth-order valence-electron chi connectivity index (χ4n) is 2.81. The number of methoxy groups -OCH3 is 2. The SMILES string of the molecule is COc1cc(CCC(=O)Nc2cccc(OCc3cccnc3)c2)cc(OC)c1. The first kappa shape index (κ1) is 20.2. The van der Waals surface area contributed by atoms with Crippen molar-refractivity contribution in [2.75, 3.05) is 19.5 Å². The number of aromatic nitrogens is 1. The molecule has 0 fully saturated rings. The average Bonchev–Trinajstić information content (AvgIpc) is 2.77. The van der Waals surface area contributed by atoms with Gasteiger partial charge in [-0.3, -0.25) is 9.78 Å². The summed E-state index contributed by atoms with van der Waals surface area (Å²) in [6, 6.07) is 16.8. The number of carbonyl (C=O) groups excluding carboxylic acids is 1. The standard InChI is InChI=1S/C23H24N2O4/c1-27-21-11-17(12-22(14-21)28-2)8-9-23(26)25-19-6-3-7-20(13-19)29-16-18-5-4-10-24-15-18/h3-7,10-15H,8-9,16H2,1-2H3,(H,25,26). The number of ether oxygens (including phenoxy) is 3. The second-order valence-electron chi connectivity index (χ2n) is 6.45. The molecule has 0 saturated heterocycles. The average molecular weight is 392 g/mol. The van der Waals surface area contributed by atoms with Gasteiger partial charge in [-0.25, -0.2) is 0 Å². The number of aryl methyl sites for hydroxylation is 1. The van der Waals surface area contributed by atoms with Gasteiger partial charge in [-0.1, -0.05) is 12.1 Å². The van der Waals surface area contributed by atoms with Gasteiger partial charge in [0.2, 0.25) is 5.91 Å². The first-order valence-electron chi connectivity index (χ1n) is 9.30. The molecular formula is C23H24N2O4. The number of nitrogens with zero attached hydrogens (tertiary/aromatic N) is 1. The van der Waals surface area contributed by atoms with E-state index in [1.807, 2.05) is 48.5 Å². The molecule has 1 N–H and O–H groups in total. The molecule has 0 radical (unpaired) electrons. The van der Waals surface area contributed by atoms with Crippen molar-refractivity contribution in [3.63, 3.8) is 0 Å². The lowest BCUT2D eigenvalue weighted by molar-refractivity contribution is -0.116. The van der Waals surface area contributed by atoms with Crippen LogP contribution < -0.4 is 19.5 Å². The van der Waals surface area contributed by atoms with Crippen LogP contribution in [-0.2, 0) is 17.8 Å². The number of hydrogen-bond acceptors (Lipinski definition) is 5. The Morgan fingerprint density at radius 3 is 2.41 bits per heavy atom. The summed E-state index contributed by atoms with van der Waals surface area (Å²) in [7, 11) is 3.21. The van der Waals surface area contributed by atoms with Gasteiger partial charge < -0.3 is 19.5 Å². The molecule has 6 nitrogen and oxygen atoms in total. The van der Waals surface area contributed by atoms with E-state index in [1.165, 1.54) is 0 Å². The molecule has 29 heavy (non-hydrogen) atoms. The number of benzene rings is 2. The number of rotatable bonds is 9. The molecule has 1 amide bonds. The van der Waals surface area contributed by atoms with E-state index >= 15 is 0 Å². The van der Waals surface area contributed by atoms with Crippen LogP contribution in [0.4, 0.5) is 5.69 Å². The lowest BCUT2D eigenvalue weighted by Crippen LogP contribution is -2.12. The molecule has 0 saturated carbocycles. The maximum absolute atomic E-state index is 12.4. The van der Waals surface area contributed by atoms with Crippen molar-refractivity contribution in [2.45, 2.75) is 19.4 Å². The summed E-state index contributed by atoms with van der Waals surface area (Å²) in [6.07, 6.45) is 4.41. The van der Waals surface area contributed by atoms with E-state index in [2.05, 4.69) is 10.3 Å². The summed E-state index contributed by atoms with van der Waals surface area (Å²) in [4.78, 5) is 16.4. The zero-order chi connectivity index (χ0) is 20.5. The lowest BCUT2D eigenvalue weighted by Gasteiger charge is -2.10. The molecule has 0 atom stereocenters. The molecule has 0 aliphatic rings. The van der Waals surface area contributed by atoms with Gasteiger partial charge in [0.05, 0.1) is 14.2 Å². The molecule has 0 aliphatic heterocycles. The van der Waals surface area contributed by atoms with E-state index in [4.69, 9.17) is 14.2 Å². The largest absolute Gasteiger partial charge is 0.497 e. The van der Waals surface area contributed by atoms with E-state index in [0.717, 1.165) is 11.1 Å². The Labute approximate surface area is 170 Å². The molecule has 3 aromatic rings. The molecule has 1 aromatic heterocycles. The van der Waals surface area contributed by atoms with Crippen LogP contribution >= 0.6 is 0 Å². The summed E-state index contributed by atoms with van der Waals surface area (Å²) in [5.74, 6) is 2.02. The Bertz CT molecular complexity index is 922. The minimum absolute atomic E-state index is 0.0730. The van der Waals surface area contributed by atoms with Gasteiger partial charge >= 0.3 is 0 Å². The molecule has 6 heteroatoms. The number of anilines is 1. The van der Waals surface area contributed by atoms with Crippen molar-refractivity contribution in [1.82, 2.24) is 4.98 Å². The Hall–Kier alpha value is -3.54. The summed E-state index contributed by atoms with van der Waals surface area (Å²) in [5.41, 5.74) is 2.66. The number of carbonyl (C=O) groups is 1. The van der Waals surface area contributed by atoms with Crippen LogP contribution in [0.5, 0.6) is 17.2 Å². The minimum Gasteiger partial charge on any atom is -0.497 e. The highest BCUT2D eigenvalue weighted by Crippen LogP contribution is 2.24. The highest BCUT2D eigenvalue weighted by atomic mass is 16.5. The fourth-order valence-corrected chi connectivity index (χ4v) is 2.81. The Morgan fingerprint density at radius 1 is 0.931 bits per heavy atom. The van der Waals surface area contributed by atoms with Crippen LogP contribution in [0.25, 0.3) is 0 Å². The first-order valence-corrected chi connectivity index (χ1v) is 9.30. The Balaban J connectivity index is 1.54. The first-order chi connectivity index (χ1) is 14.2. The van der Waals surface area contributed by atoms with Crippen LogP contribution in [0.15, 0.2) is 67.0 Å². The third-order valence-corrected chi connectivity index (χ3v) is 4.30. The lowest BCUT2D eigenvalue weighted by atomic mass is 10.1. The maximum atomic E-state index is 12.4. The van der Waals surface area contributed by atoms with Crippen molar-refractivity contribution in [1.29, 1.82) is 0 Å². The summed E-state index contributed by atoms with van der Waals surface area (Å²) >= 11 is 0. The van der Waals surface area contributed by atoms with Crippen LogP contribution in [0.3, 0.4) is 0 Å². The van der Waals surface area contributed by atoms with Gasteiger partial charge in [0, 0.05) is 42.2 Å². The van der Waals surface area contributed by atoms with Crippen LogP contribution in [0.1, 0.15) is 17.5 Å². The van der Waals surface area contributed by atoms with Crippen molar-refractivity contribution >= 4 is 11.6 Å². The van der Waals surface area contributed by atoms with E-state index in [1.54, 1.807) is 32.7 Å². The van der Waals surface area contributed by atoms with Gasteiger partial charge in [0.25, 0.3) is 0 Å². The number of amides is 1. The van der Waals surface area contributed by atoms with Crippen LogP contribution in [0.2, 0.25) is 0 Å². The summed E-state index contributed by atoms with van der Waals surface area (Å²) < 4.78 is 16.3. The monoisotopic (exact) mass is 392 g/mol. The van der Waals surface area contributed by atoms with E-state index in [-0.39, 0.29) is 5.91 Å². The van der Waals surface area contributed by atoms with E-state index in [0.29, 0.717) is 42.4 Å². The van der Waals surface area contributed by atoms with Gasteiger partial charge in [0.1, 0.15) is 23.9 Å². The van der Waals surface area contributed by atoms with Crippen LogP contribution in [0, 0.1) is 0 Å². The topological polar surface area (TPSA) is 69.7 Å². The van der Waals surface area contributed by atoms with Crippen LogP contribution in [-0.4, -0.2) is 25.1 Å². The molecule has 0 spiro atoms. The van der Waals surface area contributed by atoms with E-state index in [9.17, 15) is 4.79 Å². The predicted octanol–water partition coefficient (Wildman–Crippen LogP) is 4.25. The molecule has 3 rings (SSSR count). The molecule has 0 unspecified atom stereocenters. The summed E-state index contributed by atoms with van der Waals surface area (Å²) in [5, 5.41) is 2.91. The smallest absolute Gasteiger partial charge is 0.224 e. The quantitative estimate of drug-likeness (QED) is 0.590. The molecular weight excluding hydrogens is 368 g/mol. The molecule has 0 aliphatic carbocycles. The van der Waals surface area contributed by atoms with E-state index < -0.39 is 0 Å².